The lowest BCUT2D eigenvalue weighted by Gasteiger charge is -2.44. The third kappa shape index (κ3) is 3.43. The minimum absolute atomic E-state index is 0.0708. The quantitative estimate of drug-likeness (QED) is 0.566. The molecular formula is C13H22ClNO6S. The molecule has 0 aromatic rings. The third-order valence-electron chi connectivity index (χ3n) is 4.47. The molecule has 0 amide bonds. The van der Waals surface area contributed by atoms with Crippen molar-refractivity contribution in [2.75, 3.05) is 24.7 Å². The zero-order chi connectivity index (χ0) is 15.7. The standard InChI is InChI=1S/C13H22ClNO6S/c14-8-3-11-22(16,17)15-9-6-13(7-10-15)20-18-12(19-21-13)4-1-2-5-12/h1-11H2. The predicted molar refractivity (Wildman–Crippen MR) is 78.2 cm³/mol. The minimum atomic E-state index is -3.27. The highest BCUT2D eigenvalue weighted by molar-refractivity contribution is 7.89. The Hall–Kier alpha value is 0.0400. The first-order valence-corrected chi connectivity index (χ1v) is 9.91. The molecule has 2 saturated heterocycles. The fourth-order valence-corrected chi connectivity index (χ4v) is 4.85. The van der Waals surface area contributed by atoms with Crippen molar-refractivity contribution in [3.63, 3.8) is 0 Å². The van der Waals surface area contributed by atoms with E-state index in [2.05, 4.69) is 0 Å². The van der Waals surface area contributed by atoms with Gasteiger partial charge in [-0.2, -0.15) is 19.6 Å². The predicted octanol–water partition coefficient (Wildman–Crippen LogP) is 1.92. The maximum Gasteiger partial charge on any atom is 0.236 e. The molecule has 0 bridgehead atoms. The highest BCUT2D eigenvalue weighted by Crippen LogP contribution is 2.43. The Morgan fingerprint density at radius 3 is 1.91 bits per heavy atom. The maximum atomic E-state index is 12.1. The van der Waals surface area contributed by atoms with Gasteiger partial charge in [0.15, 0.2) is 0 Å². The van der Waals surface area contributed by atoms with Crippen LogP contribution >= 0.6 is 11.6 Å². The van der Waals surface area contributed by atoms with Crippen molar-refractivity contribution in [1.82, 2.24) is 4.31 Å². The first-order valence-electron chi connectivity index (χ1n) is 7.77. The Balaban J connectivity index is 1.54. The number of hydrogen-bond acceptors (Lipinski definition) is 6. The van der Waals surface area contributed by atoms with Gasteiger partial charge in [-0.1, -0.05) is 0 Å². The lowest BCUT2D eigenvalue weighted by atomic mass is 10.1. The SMILES string of the molecule is O=S(=O)(CCCCl)N1CCC2(CC1)OOC1(CCCC1)OO2. The number of sulfonamides is 1. The molecule has 3 fully saturated rings. The summed E-state index contributed by atoms with van der Waals surface area (Å²) >= 11 is 5.57. The minimum Gasteiger partial charge on any atom is -0.212 e. The van der Waals surface area contributed by atoms with Gasteiger partial charge in [0.2, 0.25) is 21.6 Å². The summed E-state index contributed by atoms with van der Waals surface area (Å²) in [5.74, 6) is -1.35. The van der Waals surface area contributed by atoms with Gasteiger partial charge >= 0.3 is 0 Å². The Kier molecular flexibility index (Phi) is 4.99. The molecule has 2 aliphatic heterocycles. The zero-order valence-corrected chi connectivity index (χ0v) is 14.0. The van der Waals surface area contributed by atoms with Gasteiger partial charge in [0.1, 0.15) is 0 Å². The summed E-state index contributed by atoms with van der Waals surface area (Å²) in [6.07, 6.45) is 4.75. The van der Waals surface area contributed by atoms with Crippen molar-refractivity contribution < 1.29 is 28.0 Å². The summed E-state index contributed by atoms with van der Waals surface area (Å²) in [5, 5.41) is 0. The zero-order valence-electron chi connectivity index (χ0n) is 12.5. The Labute approximate surface area is 135 Å². The molecule has 2 spiro atoms. The average Bonchev–Trinajstić information content (AvgIpc) is 2.98. The molecule has 9 heteroatoms. The van der Waals surface area contributed by atoms with Gasteiger partial charge in [-0.05, 0) is 19.3 Å². The molecule has 0 aromatic carbocycles. The summed E-state index contributed by atoms with van der Waals surface area (Å²) in [4.78, 5) is 21.9. The average molecular weight is 356 g/mol. The van der Waals surface area contributed by atoms with Gasteiger partial charge in [-0.25, -0.2) is 12.7 Å². The van der Waals surface area contributed by atoms with Crippen molar-refractivity contribution in [1.29, 1.82) is 0 Å². The van der Waals surface area contributed by atoms with Gasteiger partial charge < -0.3 is 0 Å². The van der Waals surface area contributed by atoms with Gasteiger partial charge in [0, 0.05) is 44.7 Å². The molecule has 128 valence electrons. The summed E-state index contributed by atoms with van der Waals surface area (Å²) < 4.78 is 25.7. The number of alkyl halides is 1. The van der Waals surface area contributed by atoms with Crippen LogP contribution in [0.2, 0.25) is 0 Å². The molecule has 0 aromatic heterocycles. The van der Waals surface area contributed by atoms with Gasteiger partial charge in [0.05, 0.1) is 5.75 Å². The van der Waals surface area contributed by atoms with Crippen LogP contribution in [0.15, 0.2) is 0 Å². The van der Waals surface area contributed by atoms with E-state index in [0.29, 0.717) is 38.2 Å². The van der Waals surface area contributed by atoms with Gasteiger partial charge in [0.25, 0.3) is 0 Å². The normalized spacial score (nSPS) is 28.4. The van der Waals surface area contributed by atoms with Crippen LogP contribution in [0.1, 0.15) is 44.9 Å². The number of piperidine rings is 1. The third-order valence-corrected chi connectivity index (χ3v) is 6.69. The fourth-order valence-electron chi connectivity index (χ4n) is 3.05. The van der Waals surface area contributed by atoms with E-state index in [4.69, 9.17) is 31.2 Å². The van der Waals surface area contributed by atoms with Crippen molar-refractivity contribution in [3.8, 4) is 0 Å². The van der Waals surface area contributed by atoms with Crippen molar-refractivity contribution >= 4 is 21.6 Å². The maximum absolute atomic E-state index is 12.1. The molecule has 2 heterocycles. The smallest absolute Gasteiger partial charge is 0.212 e. The van der Waals surface area contributed by atoms with Crippen LogP contribution < -0.4 is 0 Å². The number of hydrogen-bond donors (Lipinski definition) is 0. The van der Waals surface area contributed by atoms with E-state index in [1.165, 1.54) is 4.31 Å². The molecule has 0 radical (unpaired) electrons. The number of nitrogens with zero attached hydrogens (tertiary/aromatic N) is 1. The first-order chi connectivity index (χ1) is 10.5. The molecular weight excluding hydrogens is 334 g/mol. The van der Waals surface area contributed by atoms with E-state index in [-0.39, 0.29) is 5.75 Å². The second-order valence-corrected chi connectivity index (χ2v) is 8.59. The molecule has 3 aliphatic rings. The monoisotopic (exact) mass is 355 g/mol. The van der Waals surface area contributed by atoms with Gasteiger partial charge in [-0.15, -0.1) is 11.6 Å². The van der Waals surface area contributed by atoms with E-state index in [1.807, 2.05) is 0 Å². The van der Waals surface area contributed by atoms with E-state index in [1.54, 1.807) is 0 Å². The van der Waals surface area contributed by atoms with Crippen LogP contribution in [0.5, 0.6) is 0 Å². The molecule has 0 atom stereocenters. The lowest BCUT2D eigenvalue weighted by Crippen LogP contribution is -2.55. The second-order valence-electron chi connectivity index (χ2n) is 6.12. The molecule has 1 saturated carbocycles. The highest BCUT2D eigenvalue weighted by Gasteiger charge is 2.52. The summed E-state index contributed by atoms with van der Waals surface area (Å²) in [5.41, 5.74) is 0. The van der Waals surface area contributed by atoms with Crippen LogP contribution in [0.25, 0.3) is 0 Å². The van der Waals surface area contributed by atoms with E-state index in [0.717, 1.165) is 25.7 Å². The van der Waals surface area contributed by atoms with Crippen LogP contribution in [-0.4, -0.2) is 49.0 Å². The molecule has 1 aliphatic carbocycles. The fraction of sp³-hybridized carbons (Fsp3) is 1.00. The largest absolute Gasteiger partial charge is 0.236 e. The van der Waals surface area contributed by atoms with Crippen molar-refractivity contribution in [2.24, 2.45) is 0 Å². The van der Waals surface area contributed by atoms with Crippen LogP contribution in [0, 0.1) is 0 Å². The van der Waals surface area contributed by atoms with Gasteiger partial charge in [-0.3, -0.25) is 0 Å². The molecule has 22 heavy (non-hydrogen) atoms. The molecule has 3 rings (SSSR count). The van der Waals surface area contributed by atoms with E-state index in [9.17, 15) is 8.42 Å². The summed E-state index contributed by atoms with van der Waals surface area (Å²) in [6, 6.07) is 0. The lowest BCUT2D eigenvalue weighted by molar-refractivity contribution is -0.658. The van der Waals surface area contributed by atoms with Crippen LogP contribution in [-0.2, 0) is 29.6 Å². The molecule has 7 nitrogen and oxygen atoms in total. The number of halogens is 1. The Bertz CT molecular complexity index is 473. The molecule has 0 N–H and O–H groups in total. The van der Waals surface area contributed by atoms with Crippen LogP contribution in [0.3, 0.4) is 0 Å². The van der Waals surface area contributed by atoms with Crippen LogP contribution in [0.4, 0.5) is 0 Å². The number of rotatable bonds is 4. The topological polar surface area (TPSA) is 74.3 Å². The van der Waals surface area contributed by atoms with Crippen molar-refractivity contribution in [3.05, 3.63) is 0 Å². The molecule has 0 unspecified atom stereocenters. The Morgan fingerprint density at radius 1 is 0.909 bits per heavy atom. The Morgan fingerprint density at radius 2 is 1.41 bits per heavy atom. The second kappa shape index (κ2) is 6.51. The first kappa shape index (κ1) is 16.9. The highest BCUT2D eigenvalue weighted by atomic mass is 35.5. The van der Waals surface area contributed by atoms with Crippen molar-refractivity contribution in [2.45, 2.75) is 56.5 Å². The van der Waals surface area contributed by atoms with E-state index < -0.39 is 21.6 Å². The summed E-state index contributed by atoms with van der Waals surface area (Å²) in [6.45, 7) is 0.647. The van der Waals surface area contributed by atoms with E-state index >= 15 is 0 Å². The summed E-state index contributed by atoms with van der Waals surface area (Å²) in [7, 11) is -3.27.